The fourth-order valence-corrected chi connectivity index (χ4v) is 12.9. The van der Waals surface area contributed by atoms with Crippen LogP contribution in [-0.4, -0.2) is 117 Å². The molecule has 9 nitrogen and oxygen atoms in total. The summed E-state index contributed by atoms with van der Waals surface area (Å²) in [5.74, 6) is 0.694. The molecule has 0 radical (unpaired) electrons. The van der Waals surface area contributed by atoms with E-state index in [0.29, 0.717) is 40.5 Å². The number of likely N-dealkylation sites (tertiary alicyclic amines) is 1. The molecule has 3 saturated heterocycles. The van der Waals surface area contributed by atoms with Gasteiger partial charge >= 0.3 is 0 Å². The molecule has 0 spiro atoms. The second-order valence-corrected chi connectivity index (χ2v) is 23.3. The quantitative estimate of drug-likeness (QED) is 0.0478. The number of rotatable bonds is 30. The number of benzene rings is 2. The van der Waals surface area contributed by atoms with Crippen LogP contribution in [0.15, 0.2) is 63.3 Å². The lowest BCUT2D eigenvalue weighted by Gasteiger charge is -2.46. The molecule has 6 rings (SSSR count). The Hall–Kier alpha value is -2.41. The highest BCUT2D eigenvalue weighted by molar-refractivity contribution is 7.91. The van der Waals surface area contributed by atoms with E-state index < -0.39 is 21.0 Å². The van der Waals surface area contributed by atoms with Crippen molar-refractivity contribution in [2.45, 2.75) is 201 Å². The van der Waals surface area contributed by atoms with Gasteiger partial charge in [0, 0.05) is 69.0 Å². The number of unbranched alkanes of at least 4 members (excludes halogenated alkanes) is 19. The molecule has 0 aliphatic carbocycles. The molecule has 1 aromatic heterocycles. The Morgan fingerprint density at radius 3 is 1.64 bits per heavy atom. The molecular weight excluding hydrogens is 859 g/mol. The molecular formula is C55H89N5O4S2. The second-order valence-electron chi connectivity index (χ2n) is 20.0. The van der Waals surface area contributed by atoms with Crippen molar-refractivity contribution in [3.8, 4) is 5.75 Å². The van der Waals surface area contributed by atoms with Crippen molar-refractivity contribution >= 4 is 37.6 Å². The first-order chi connectivity index (χ1) is 32.3. The van der Waals surface area contributed by atoms with E-state index in [9.17, 15) is 13.0 Å². The highest BCUT2D eigenvalue weighted by atomic mass is 32.2. The fourth-order valence-electron chi connectivity index (χ4n) is 11.0. The van der Waals surface area contributed by atoms with E-state index in [-0.39, 0.29) is 9.79 Å². The first-order valence-corrected chi connectivity index (χ1v) is 30.0. The van der Waals surface area contributed by atoms with E-state index in [1.165, 1.54) is 168 Å². The maximum atomic E-state index is 14.6. The Balaban J connectivity index is 0.918. The average Bonchev–Trinajstić information content (AvgIpc) is 3.34. The minimum Gasteiger partial charge on any atom is -0.612 e. The van der Waals surface area contributed by atoms with Crippen LogP contribution in [0.4, 0.5) is 5.69 Å². The van der Waals surface area contributed by atoms with Crippen LogP contribution < -0.4 is 9.64 Å². The van der Waals surface area contributed by atoms with E-state index >= 15 is 0 Å². The molecule has 4 heterocycles. The van der Waals surface area contributed by atoms with Crippen LogP contribution in [0.3, 0.4) is 0 Å². The van der Waals surface area contributed by atoms with Crippen LogP contribution >= 0.6 is 0 Å². The molecule has 2 aromatic carbocycles. The zero-order valence-corrected chi connectivity index (χ0v) is 43.3. The van der Waals surface area contributed by atoms with Crippen LogP contribution in [-0.2, 0) is 21.0 Å². The van der Waals surface area contributed by atoms with Crippen molar-refractivity contribution in [2.24, 2.45) is 0 Å². The molecule has 1 atom stereocenters. The SMILES string of the molecule is CCCCCCCCCCCCCCCCCCCCCCOc1ccc(S(=O)(=O)c2cnc3ccc([S+](C)[O-])cc3c2N2CCC(N3CCC(N4CCN(CCC)CC4)CC3)CC2)cc1. The van der Waals surface area contributed by atoms with Gasteiger partial charge in [0.15, 0.2) is 4.90 Å². The van der Waals surface area contributed by atoms with E-state index in [1.807, 2.05) is 18.2 Å². The number of aromatic nitrogens is 1. The van der Waals surface area contributed by atoms with Crippen molar-refractivity contribution in [2.75, 3.05) is 76.7 Å². The third kappa shape index (κ3) is 16.4. The van der Waals surface area contributed by atoms with Gasteiger partial charge in [-0.2, -0.15) is 0 Å². The summed E-state index contributed by atoms with van der Waals surface area (Å²) < 4.78 is 47.9. The lowest BCUT2D eigenvalue weighted by atomic mass is 9.96. The molecule has 3 aromatic rings. The van der Waals surface area contributed by atoms with Gasteiger partial charge in [0.1, 0.15) is 16.9 Å². The highest BCUT2D eigenvalue weighted by Gasteiger charge is 2.34. The third-order valence-corrected chi connectivity index (χ3v) is 17.7. The lowest BCUT2D eigenvalue weighted by molar-refractivity contribution is 0.0437. The summed E-state index contributed by atoms with van der Waals surface area (Å²) in [6.07, 6.45) is 36.1. The van der Waals surface area contributed by atoms with Crippen molar-refractivity contribution in [3.05, 3.63) is 48.7 Å². The van der Waals surface area contributed by atoms with Gasteiger partial charge in [-0.05, 0) is 106 Å². The number of anilines is 1. The van der Waals surface area contributed by atoms with E-state index in [1.54, 1.807) is 36.7 Å². The minimum absolute atomic E-state index is 0.213. The number of hydrogen-bond acceptors (Lipinski definition) is 9. The van der Waals surface area contributed by atoms with Gasteiger partial charge in [-0.3, -0.25) is 9.88 Å². The second kappa shape index (κ2) is 28.9. The van der Waals surface area contributed by atoms with E-state index in [4.69, 9.17) is 4.74 Å². The minimum atomic E-state index is -3.93. The van der Waals surface area contributed by atoms with Crippen LogP contribution in [0.1, 0.15) is 174 Å². The van der Waals surface area contributed by atoms with Crippen molar-refractivity contribution < 1.29 is 17.7 Å². The Labute approximate surface area is 405 Å². The van der Waals surface area contributed by atoms with Crippen LogP contribution in [0.5, 0.6) is 5.75 Å². The van der Waals surface area contributed by atoms with Crippen LogP contribution in [0, 0.1) is 0 Å². The standard InChI is InChI=1S/C55H89N5O4S2/c1-4-6-7-8-9-10-11-12-13-14-15-16-17-18-19-20-21-22-23-24-44-64-49-25-28-51(29-26-49)66(62,63)54-46-56-53-30-27-50(65(3)61)45-52(53)55(54)60-38-33-47(34-39-60)58-36-31-48(32-37-58)59-42-40-57(35-5-2)41-43-59/h25-30,45-48H,4-24,31-44H2,1-3H3. The molecule has 0 N–H and O–H groups in total. The molecule has 66 heavy (non-hydrogen) atoms. The molecule has 0 amide bonds. The average molecular weight is 948 g/mol. The monoisotopic (exact) mass is 948 g/mol. The molecule has 370 valence electrons. The molecule has 11 heteroatoms. The number of hydrogen-bond donors (Lipinski definition) is 0. The summed E-state index contributed by atoms with van der Waals surface area (Å²) in [4.78, 5) is 16.1. The summed E-state index contributed by atoms with van der Waals surface area (Å²) in [7, 11) is -3.93. The van der Waals surface area contributed by atoms with E-state index in [2.05, 4.69) is 38.4 Å². The van der Waals surface area contributed by atoms with Gasteiger partial charge in [-0.15, -0.1) is 0 Å². The zero-order chi connectivity index (χ0) is 46.4. The number of pyridine rings is 1. The normalized spacial score (nSPS) is 18.1. The predicted octanol–water partition coefficient (Wildman–Crippen LogP) is 12.5. The number of sulfone groups is 1. The number of nitrogens with zero attached hydrogens (tertiary/aromatic N) is 5. The van der Waals surface area contributed by atoms with E-state index in [0.717, 1.165) is 57.2 Å². The number of piperidine rings is 2. The summed E-state index contributed by atoms with van der Waals surface area (Å²) >= 11 is -1.22. The largest absolute Gasteiger partial charge is 0.612 e. The molecule has 3 fully saturated rings. The topological polar surface area (TPSA) is 92.3 Å². The zero-order valence-electron chi connectivity index (χ0n) is 41.7. The Morgan fingerprint density at radius 1 is 0.621 bits per heavy atom. The first-order valence-electron chi connectivity index (χ1n) is 27.0. The third-order valence-electron chi connectivity index (χ3n) is 15.1. The van der Waals surface area contributed by atoms with Gasteiger partial charge in [0.05, 0.1) is 22.7 Å². The molecule has 1 unspecified atom stereocenters. The van der Waals surface area contributed by atoms with Crippen LogP contribution in [0.2, 0.25) is 0 Å². The maximum absolute atomic E-state index is 14.6. The van der Waals surface area contributed by atoms with Gasteiger partial charge in [-0.25, -0.2) is 8.42 Å². The maximum Gasteiger partial charge on any atom is 0.210 e. The smallest absolute Gasteiger partial charge is 0.210 e. The molecule has 3 aliphatic rings. The summed E-state index contributed by atoms with van der Waals surface area (Å²) in [5, 5.41) is 0.747. The molecule has 0 bridgehead atoms. The van der Waals surface area contributed by atoms with Crippen LogP contribution in [0.25, 0.3) is 10.9 Å². The Morgan fingerprint density at radius 2 is 1.12 bits per heavy atom. The van der Waals surface area contributed by atoms with Crippen molar-refractivity contribution in [1.82, 2.24) is 19.7 Å². The summed E-state index contributed by atoms with van der Waals surface area (Å²) in [6.45, 7) is 15.0. The number of fused-ring (bicyclic) bond motifs is 1. The van der Waals surface area contributed by atoms with Gasteiger partial charge in [0.25, 0.3) is 0 Å². The van der Waals surface area contributed by atoms with Gasteiger partial charge in [-0.1, -0.05) is 136 Å². The summed E-state index contributed by atoms with van der Waals surface area (Å²) in [5.41, 5.74) is 1.40. The fraction of sp³-hybridized carbons (Fsp3) is 0.727. The highest BCUT2D eigenvalue weighted by Crippen LogP contribution is 2.39. The number of piperazine rings is 1. The van der Waals surface area contributed by atoms with Crippen molar-refractivity contribution in [1.29, 1.82) is 0 Å². The Kier molecular flexibility index (Phi) is 23.2. The van der Waals surface area contributed by atoms with Gasteiger partial charge in [0.2, 0.25) is 9.84 Å². The summed E-state index contributed by atoms with van der Waals surface area (Å²) in [6, 6.07) is 13.7. The number of ether oxygens (including phenoxy) is 1. The van der Waals surface area contributed by atoms with Crippen molar-refractivity contribution in [3.63, 3.8) is 0 Å². The molecule has 0 saturated carbocycles. The first kappa shape index (κ1) is 53.0. The van der Waals surface area contributed by atoms with Gasteiger partial charge < -0.3 is 24.0 Å². The predicted molar refractivity (Wildman–Crippen MR) is 278 cm³/mol. The Bertz CT molecular complexity index is 1910. The molecule has 3 aliphatic heterocycles. The lowest BCUT2D eigenvalue weighted by Crippen LogP contribution is -2.55.